The quantitative estimate of drug-likeness (QED) is 0.909. The van der Waals surface area contributed by atoms with E-state index in [1.54, 1.807) is 27.0 Å². The van der Waals surface area contributed by atoms with Crippen molar-refractivity contribution in [2.45, 2.75) is 26.3 Å². The molecule has 20 heavy (non-hydrogen) atoms. The zero-order chi connectivity index (χ0) is 14.9. The molecule has 0 amide bonds. The van der Waals surface area contributed by atoms with Crippen molar-refractivity contribution in [1.82, 2.24) is 20.2 Å². The Kier molecular flexibility index (Phi) is 3.44. The summed E-state index contributed by atoms with van der Waals surface area (Å²) in [6, 6.07) is 5.49. The van der Waals surface area contributed by atoms with Gasteiger partial charge in [-0.2, -0.15) is 0 Å². The normalized spacial score (nSPS) is 11.4. The van der Waals surface area contributed by atoms with Crippen LogP contribution < -0.4 is 4.74 Å². The topological polar surface area (TPSA) is 90.1 Å². The molecule has 0 bridgehead atoms. The van der Waals surface area contributed by atoms with Gasteiger partial charge in [0.05, 0.1) is 7.11 Å². The third-order valence-corrected chi connectivity index (χ3v) is 3.19. The van der Waals surface area contributed by atoms with Gasteiger partial charge >= 0.3 is 5.97 Å². The first-order valence-electron chi connectivity index (χ1n) is 6.05. The van der Waals surface area contributed by atoms with Gasteiger partial charge in [-0.3, -0.25) is 0 Å². The van der Waals surface area contributed by atoms with Gasteiger partial charge in [0, 0.05) is 5.56 Å². The van der Waals surface area contributed by atoms with Crippen LogP contribution in [0.1, 0.15) is 19.4 Å². The van der Waals surface area contributed by atoms with Crippen LogP contribution in [-0.2, 0) is 10.3 Å². The van der Waals surface area contributed by atoms with Crippen LogP contribution in [0.15, 0.2) is 18.2 Å². The summed E-state index contributed by atoms with van der Waals surface area (Å²) in [5.41, 5.74) is 0.441. The molecule has 0 aliphatic rings. The minimum absolute atomic E-state index is 0.385. The van der Waals surface area contributed by atoms with Gasteiger partial charge < -0.3 is 9.84 Å². The zero-order valence-electron chi connectivity index (χ0n) is 11.8. The van der Waals surface area contributed by atoms with Gasteiger partial charge in [0.2, 0.25) is 0 Å². The van der Waals surface area contributed by atoms with Crippen LogP contribution in [-0.4, -0.2) is 38.4 Å². The molecule has 1 N–H and O–H groups in total. The molecule has 1 aromatic heterocycles. The zero-order valence-corrected chi connectivity index (χ0v) is 11.8. The molecule has 2 rings (SSSR count). The molecule has 7 heteroatoms. The van der Waals surface area contributed by atoms with Gasteiger partial charge in [-0.05, 0) is 42.8 Å². The second kappa shape index (κ2) is 4.92. The molecule has 0 aliphatic carbocycles. The number of hydrogen-bond donors (Lipinski definition) is 1. The Labute approximate surface area is 116 Å². The first-order chi connectivity index (χ1) is 9.37. The Morgan fingerprint density at radius 1 is 1.40 bits per heavy atom. The van der Waals surface area contributed by atoms with E-state index in [0.29, 0.717) is 17.1 Å². The number of methoxy groups -OCH3 is 1. The fraction of sp³-hybridized carbons (Fsp3) is 0.385. The number of carboxylic acids is 1. The summed E-state index contributed by atoms with van der Waals surface area (Å²) in [5.74, 6) is 0.0750. The molecule has 0 radical (unpaired) electrons. The van der Waals surface area contributed by atoms with E-state index in [1.165, 1.54) is 4.68 Å². The first-order valence-corrected chi connectivity index (χ1v) is 6.05. The summed E-state index contributed by atoms with van der Waals surface area (Å²) >= 11 is 0. The lowest BCUT2D eigenvalue weighted by Crippen LogP contribution is -2.37. The third kappa shape index (κ3) is 2.22. The van der Waals surface area contributed by atoms with E-state index in [2.05, 4.69) is 15.5 Å². The summed E-state index contributed by atoms with van der Waals surface area (Å²) in [6.45, 7) is 5.01. The number of ether oxygens (including phenoxy) is 1. The second-order valence-corrected chi connectivity index (χ2v) is 4.96. The van der Waals surface area contributed by atoms with Crippen molar-refractivity contribution >= 4 is 5.97 Å². The Balaban J connectivity index is 2.56. The number of aliphatic carboxylic acids is 1. The summed E-state index contributed by atoms with van der Waals surface area (Å²) in [6.07, 6.45) is 0. The number of carbonyl (C=O) groups is 1. The number of benzene rings is 1. The predicted molar refractivity (Wildman–Crippen MR) is 71.5 cm³/mol. The van der Waals surface area contributed by atoms with Gasteiger partial charge in [0.15, 0.2) is 11.4 Å². The lowest BCUT2D eigenvalue weighted by molar-refractivity contribution is -0.146. The Bertz CT molecular complexity index is 649. The second-order valence-electron chi connectivity index (χ2n) is 4.96. The Morgan fingerprint density at radius 2 is 2.10 bits per heavy atom. The smallest absolute Gasteiger partial charge is 0.331 e. The molecule has 7 nitrogen and oxygen atoms in total. The molecule has 0 saturated heterocycles. The fourth-order valence-electron chi connectivity index (χ4n) is 1.79. The minimum Gasteiger partial charge on any atom is -0.496 e. The van der Waals surface area contributed by atoms with Crippen molar-refractivity contribution in [2.75, 3.05) is 7.11 Å². The molecule has 1 aromatic carbocycles. The number of rotatable bonds is 4. The van der Waals surface area contributed by atoms with Crippen molar-refractivity contribution in [3.8, 4) is 17.1 Å². The van der Waals surface area contributed by atoms with Crippen molar-refractivity contribution in [3.63, 3.8) is 0 Å². The number of aryl methyl sites for hydroxylation is 1. The lowest BCUT2D eigenvalue weighted by Gasteiger charge is -2.20. The molecule has 0 atom stereocenters. The molecule has 106 valence electrons. The summed E-state index contributed by atoms with van der Waals surface area (Å²) in [5, 5.41) is 20.6. The third-order valence-electron chi connectivity index (χ3n) is 3.19. The van der Waals surface area contributed by atoms with Crippen molar-refractivity contribution in [1.29, 1.82) is 0 Å². The maximum atomic E-state index is 11.3. The van der Waals surface area contributed by atoms with E-state index in [-0.39, 0.29) is 0 Å². The average molecular weight is 276 g/mol. The lowest BCUT2D eigenvalue weighted by atomic mass is 10.1. The van der Waals surface area contributed by atoms with Crippen LogP contribution >= 0.6 is 0 Å². The van der Waals surface area contributed by atoms with E-state index < -0.39 is 11.5 Å². The van der Waals surface area contributed by atoms with Crippen LogP contribution in [0.3, 0.4) is 0 Å². The van der Waals surface area contributed by atoms with Crippen LogP contribution in [0.2, 0.25) is 0 Å². The Hall–Kier alpha value is -2.44. The van der Waals surface area contributed by atoms with Gasteiger partial charge in [-0.1, -0.05) is 12.1 Å². The molecule has 0 spiro atoms. The highest BCUT2D eigenvalue weighted by Crippen LogP contribution is 2.27. The monoisotopic (exact) mass is 276 g/mol. The number of aromatic nitrogens is 4. The first kappa shape index (κ1) is 14.0. The van der Waals surface area contributed by atoms with Crippen molar-refractivity contribution in [2.24, 2.45) is 0 Å². The molecule has 0 unspecified atom stereocenters. The van der Waals surface area contributed by atoms with Crippen LogP contribution in [0.25, 0.3) is 11.4 Å². The maximum Gasteiger partial charge on any atom is 0.331 e. The summed E-state index contributed by atoms with van der Waals surface area (Å²) in [7, 11) is 1.58. The number of tetrazole rings is 1. The molecule has 0 aliphatic heterocycles. The summed E-state index contributed by atoms with van der Waals surface area (Å²) in [4.78, 5) is 11.3. The molecule has 1 heterocycles. The van der Waals surface area contributed by atoms with Gasteiger partial charge in [-0.25, -0.2) is 9.48 Å². The van der Waals surface area contributed by atoms with Crippen molar-refractivity contribution < 1.29 is 14.6 Å². The van der Waals surface area contributed by atoms with E-state index in [0.717, 1.165) is 5.56 Å². The number of carboxylic acid groups (broad SMARTS) is 1. The average Bonchev–Trinajstić information content (AvgIpc) is 2.89. The van der Waals surface area contributed by atoms with E-state index in [9.17, 15) is 9.90 Å². The highest BCUT2D eigenvalue weighted by Gasteiger charge is 2.33. The molecule has 0 saturated carbocycles. The predicted octanol–water partition coefficient (Wildman–Crippen LogP) is 1.48. The summed E-state index contributed by atoms with van der Waals surface area (Å²) < 4.78 is 6.55. The number of hydrogen-bond acceptors (Lipinski definition) is 5. The molecule has 0 fully saturated rings. The van der Waals surface area contributed by atoms with Gasteiger partial charge in [-0.15, -0.1) is 5.10 Å². The van der Waals surface area contributed by atoms with E-state index >= 15 is 0 Å². The molecular formula is C13H16N4O3. The van der Waals surface area contributed by atoms with Crippen molar-refractivity contribution in [3.05, 3.63) is 23.8 Å². The molecular weight excluding hydrogens is 260 g/mol. The van der Waals surface area contributed by atoms with Crippen LogP contribution in [0.5, 0.6) is 5.75 Å². The number of nitrogens with zero attached hydrogens (tertiary/aromatic N) is 4. The van der Waals surface area contributed by atoms with Crippen LogP contribution in [0, 0.1) is 6.92 Å². The highest BCUT2D eigenvalue weighted by atomic mass is 16.5. The largest absolute Gasteiger partial charge is 0.496 e. The van der Waals surface area contributed by atoms with Gasteiger partial charge in [0.25, 0.3) is 0 Å². The highest BCUT2D eigenvalue weighted by molar-refractivity contribution is 5.76. The minimum atomic E-state index is -1.24. The Morgan fingerprint density at radius 3 is 2.70 bits per heavy atom. The van der Waals surface area contributed by atoms with Gasteiger partial charge in [0.1, 0.15) is 5.75 Å². The maximum absolute atomic E-state index is 11.3. The van der Waals surface area contributed by atoms with E-state index in [1.807, 2.05) is 19.1 Å². The molecule has 2 aromatic rings. The SMILES string of the molecule is COc1cc(-c2nnnn2C(C)(C)C(=O)O)ccc1C. The van der Waals surface area contributed by atoms with E-state index in [4.69, 9.17) is 4.74 Å². The fourth-order valence-corrected chi connectivity index (χ4v) is 1.79. The van der Waals surface area contributed by atoms with Crippen LogP contribution in [0.4, 0.5) is 0 Å². The standard InChI is InChI=1S/C13H16N4O3/c1-8-5-6-9(7-10(8)20-4)11-14-15-16-17(11)13(2,3)12(18)19/h5-7H,1-4H3,(H,18,19).